The minimum Gasteiger partial charge on any atom is -0.350 e. The van der Waals surface area contributed by atoms with Crippen LogP contribution in [0.5, 0.6) is 0 Å². The van der Waals surface area contributed by atoms with Crippen LogP contribution in [-0.4, -0.2) is 10.9 Å². The maximum atomic E-state index is 11.2. The molecule has 0 bridgehead atoms. The van der Waals surface area contributed by atoms with E-state index in [9.17, 15) is 4.79 Å². The van der Waals surface area contributed by atoms with E-state index >= 15 is 0 Å². The van der Waals surface area contributed by atoms with Gasteiger partial charge in [0, 0.05) is 10.9 Å². The number of nitrogens with one attached hydrogen (secondary N) is 2. The molecule has 2 aromatic rings. The zero-order valence-electron chi connectivity index (χ0n) is 7.79. The molecule has 2 rings (SSSR count). The van der Waals surface area contributed by atoms with E-state index in [-0.39, 0.29) is 5.91 Å². The van der Waals surface area contributed by atoms with Crippen molar-refractivity contribution in [1.29, 1.82) is 0 Å². The monoisotopic (exact) mass is 189 g/mol. The van der Waals surface area contributed by atoms with Gasteiger partial charge in [-0.3, -0.25) is 10.2 Å². The number of H-pyrrole nitrogens is 1. The average molecular weight is 189 g/mol. The molecule has 1 amide bonds. The molecule has 1 aromatic heterocycles. The summed E-state index contributed by atoms with van der Waals surface area (Å²) >= 11 is 0. The Labute approximate surface area is 81.1 Å². The Morgan fingerprint density at radius 3 is 2.93 bits per heavy atom. The Balaban J connectivity index is 2.62. The molecule has 14 heavy (non-hydrogen) atoms. The van der Waals surface area contributed by atoms with Crippen LogP contribution in [0.3, 0.4) is 0 Å². The highest BCUT2D eigenvalue weighted by molar-refractivity contribution is 5.98. The maximum absolute atomic E-state index is 11.2. The number of aryl methyl sites for hydroxylation is 1. The topological polar surface area (TPSA) is 70.9 Å². The molecule has 0 fully saturated rings. The number of carbonyl (C=O) groups is 1. The summed E-state index contributed by atoms with van der Waals surface area (Å²) in [5.41, 5.74) is 4.66. The fourth-order valence-electron chi connectivity index (χ4n) is 1.51. The third-order valence-electron chi connectivity index (χ3n) is 2.26. The van der Waals surface area contributed by atoms with Gasteiger partial charge < -0.3 is 4.98 Å². The second-order valence-corrected chi connectivity index (χ2v) is 3.19. The van der Waals surface area contributed by atoms with Gasteiger partial charge in [-0.05, 0) is 24.6 Å². The predicted octanol–water partition coefficient (Wildman–Crippen LogP) is 1.08. The van der Waals surface area contributed by atoms with Crippen LogP contribution >= 0.6 is 0 Å². The number of benzene rings is 1. The van der Waals surface area contributed by atoms with Crippen LogP contribution < -0.4 is 11.3 Å². The molecular formula is C10H11N3O. The van der Waals surface area contributed by atoms with E-state index in [1.54, 1.807) is 6.07 Å². The maximum Gasteiger partial charge on any atom is 0.281 e. The van der Waals surface area contributed by atoms with Gasteiger partial charge in [-0.1, -0.05) is 12.1 Å². The van der Waals surface area contributed by atoms with Crippen molar-refractivity contribution in [3.05, 3.63) is 35.5 Å². The van der Waals surface area contributed by atoms with Gasteiger partial charge >= 0.3 is 0 Å². The van der Waals surface area contributed by atoms with Crippen LogP contribution in [0, 0.1) is 6.92 Å². The molecule has 4 heteroatoms. The number of hydrazine groups is 1. The van der Waals surface area contributed by atoms with E-state index in [1.807, 2.05) is 25.1 Å². The lowest BCUT2D eigenvalue weighted by Gasteiger charge is -1.92. The van der Waals surface area contributed by atoms with Crippen LogP contribution in [0.2, 0.25) is 0 Å². The van der Waals surface area contributed by atoms with Gasteiger partial charge in [-0.2, -0.15) is 0 Å². The number of fused-ring (bicyclic) bond motifs is 1. The van der Waals surface area contributed by atoms with Gasteiger partial charge in [0.2, 0.25) is 0 Å². The highest BCUT2D eigenvalue weighted by atomic mass is 16.2. The molecule has 0 saturated heterocycles. The normalized spacial score (nSPS) is 10.4. The molecule has 0 atom stereocenters. The minimum atomic E-state index is -0.305. The number of rotatable bonds is 1. The van der Waals surface area contributed by atoms with Crippen LogP contribution in [0.25, 0.3) is 10.9 Å². The summed E-state index contributed by atoms with van der Waals surface area (Å²) in [6, 6.07) is 7.67. The number of hydrogen-bond donors (Lipinski definition) is 3. The summed E-state index contributed by atoms with van der Waals surface area (Å²) in [5, 5.41) is 1.05. The minimum absolute atomic E-state index is 0.305. The molecule has 1 heterocycles. The second-order valence-electron chi connectivity index (χ2n) is 3.19. The first-order valence-corrected chi connectivity index (χ1v) is 4.31. The molecule has 72 valence electrons. The molecule has 0 unspecified atom stereocenters. The van der Waals surface area contributed by atoms with Gasteiger partial charge in [-0.15, -0.1) is 0 Å². The quantitative estimate of drug-likeness (QED) is 0.357. The van der Waals surface area contributed by atoms with Gasteiger partial charge in [0.05, 0.1) is 0 Å². The molecule has 0 aliphatic rings. The van der Waals surface area contributed by atoms with Gasteiger partial charge in [0.15, 0.2) is 0 Å². The van der Waals surface area contributed by atoms with Crippen LogP contribution in [0.15, 0.2) is 24.3 Å². The van der Waals surface area contributed by atoms with Crippen molar-refractivity contribution in [3.63, 3.8) is 0 Å². The third kappa shape index (κ3) is 1.25. The highest BCUT2D eigenvalue weighted by Gasteiger charge is 2.08. The molecule has 0 saturated carbocycles. The summed E-state index contributed by atoms with van der Waals surface area (Å²) < 4.78 is 0. The third-order valence-corrected chi connectivity index (χ3v) is 2.26. The SMILES string of the molecule is Cc1cccc2[nH]c(C(=O)NN)cc12. The molecule has 1 aromatic carbocycles. The largest absolute Gasteiger partial charge is 0.350 e. The molecule has 0 aliphatic carbocycles. The van der Waals surface area contributed by atoms with Crippen molar-refractivity contribution in [2.24, 2.45) is 5.84 Å². The smallest absolute Gasteiger partial charge is 0.281 e. The Morgan fingerprint density at radius 1 is 1.50 bits per heavy atom. The highest BCUT2D eigenvalue weighted by Crippen LogP contribution is 2.18. The number of hydrogen-bond acceptors (Lipinski definition) is 2. The number of nitrogens with two attached hydrogens (primary N) is 1. The molecule has 0 aliphatic heterocycles. The number of aromatic nitrogens is 1. The fraction of sp³-hybridized carbons (Fsp3) is 0.100. The van der Waals surface area contributed by atoms with Crippen molar-refractivity contribution in [1.82, 2.24) is 10.4 Å². The number of amides is 1. The van der Waals surface area contributed by atoms with Crippen molar-refractivity contribution in [2.45, 2.75) is 6.92 Å². The Morgan fingerprint density at radius 2 is 2.29 bits per heavy atom. The summed E-state index contributed by atoms with van der Waals surface area (Å²) in [6.07, 6.45) is 0. The summed E-state index contributed by atoms with van der Waals surface area (Å²) in [6.45, 7) is 2.00. The van der Waals surface area contributed by atoms with Crippen LogP contribution in [0.1, 0.15) is 16.1 Å². The first kappa shape index (κ1) is 8.77. The Bertz CT molecular complexity index is 487. The fourth-order valence-corrected chi connectivity index (χ4v) is 1.51. The summed E-state index contributed by atoms with van der Waals surface area (Å²) in [4.78, 5) is 14.2. The molecular weight excluding hydrogens is 178 g/mol. The van der Waals surface area contributed by atoms with E-state index in [1.165, 1.54) is 0 Å². The first-order valence-electron chi connectivity index (χ1n) is 4.31. The van der Waals surface area contributed by atoms with Crippen LogP contribution in [0.4, 0.5) is 0 Å². The van der Waals surface area contributed by atoms with E-state index in [0.717, 1.165) is 16.5 Å². The molecule has 0 radical (unpaired) electrons. The van der Waals surface area contributed by atoms with Crippen molar-refractivity contribution < 1.29 is 4.79 Å². The standard InChI is InChI=1S/C10H11N3O/c1-6-3-2-4-8-7(6)5-9(12-8)10(14)13-11/h2-5,12H,11H2,1H3,(H,13,14). The van der Waals surface area contributed by atoms with Crippen molar-refractivity contribution >= 4 is 16.8 Å². The number of carbonyl (C=O) groups excluding carboxylic acids is 1. The van der Waals surface area contributed by atoms with Crippen molar-refractivity contribution in [2.75, 3.05) is 0 Å². The average Bonchev–Trinajstić information content (AvgIpc) is 2.62. The lowest BCUT2D eigenvalue weighted by molar-refractivity contribution is 0.0949. The summed E-state index contributed by atoms with van der Waals surface area (Å²) in [5.74, 6) is 4.74. The lowest BCUT2D eigenvalue weighted by Crippen LogP contribution is -2.30. The number of aromatic amines is 1. The van der Waals surface area contributed by atoms with Gasteiger partial charge in [0.25, 0.3) is 5.91 Å². The summed E-state index contributed by atoms with van der Waals surface area (Å²) in [7, 11) is 0. The first-order chi connectivity index (χ1) is 6.72. The van der Waals surface area contributed by atoms with Crippen molar-refractivity contribution in [3.8, 4) is 0 Å². The molecule has 4 N–H and O–H groups in total. The Hall–Kier alpha value is -1.81. The van der Waals surface area contributed by atoms with Gasteiger partial charge in [-0.25, -0.2) is 5.84 Å². The van der Waals surface area contributed by atoms with E-state index in [2.05, 4.69) is 10.4 Å². The number of nitrogen functional groups attached to an aromatic ring is 1. The molecule has 4 nitrogen and oxygen atoms in total. The van der Waals surface area contributed by atoms with E-state index in [4.69, 9.17) is 5.84 Å². The Kier molecular flexibility index (Phi) is 1.98. The van der Waals surface area contributed by atoms with E-state index in [0.29, 0.717) is 5.69 Å². The second kappa shape index (κ2) is 3.16. The molecule has 0 spiro atoms. The van der Waals surface area contributed by atoms with Gasteiger partial charge in [0.1, 0.15) is 5.69 Å². The van der Waals surface area contributed by atoms with Crippen LogP contribution in [-0.2, 0) is 0 Å². The zero-order chi connectivity index (χ0) is 10.1. The zero-order valence-corrected chi connectivity index (χ0v) is 7.79. The van der Waals surface area contributed by atoms with E-state index < -0.39 is 0 Å². The lowest BCUT2D eigenvalue weighted by atomic mass is 10.1. The predicted molar refractivity (Wildman–Crippen MR) is 54.7 cm³/mol.